The molecule has 0 amide bonds. The molecule has 0 atom stereocenters. The lowest BCUT2D eigenvalue weighted by Gasteiger charge is -2.06. The first-order valence-electron chi connectivity index (χ1n) is 7.54. The Balaban J connectivity index is 1.76. The molecule has 7 nitrogen and oxygen atoms in total. The van der Waals surface area contributed by atoms with E-state index in [1.807, 2.05) is 31.2 Å². The van der Waals surface area contributed by atoms with Crippen molar-refractivity contribution in [3.63, 3.8) is 0 Å². The smallest absolute Gasteiger partial charge is 0.223 e. The van der Waals surface area contributed by atoms with E-state index in [0.717, 1.165) is 16.8 Å². The molecule has 0 spiro atoms. The third-order valence-corrected chi connectivity index (χ3v) is 4.86. The molecule has 25 heavy (non-hydrogen) atoms. The van der Waals surface area contributed by atoms with Crippen LogP contribution >= 0.6 is 0 Å². The van der Waals surface area contributed by atoms with Gasteiger partial charge in [-0.15, -0.1) is 0 Å². The first-order chi connectivity index (χ1) is 12.0. The van der Waals surface area contributed by atoms with Gasteiger partial charge in [-0.25, -0.2) is 9.67 Å². The lowest BCUT2D eigenvalue weighted by atomic mass is 10.1. The number of hydrogen-bond donors (Lipinski definition) is 1. The molecule has 0 unspecified atom stereocenters. The van der Waals surface area contributed by atoms with Crippen LogP contribution in [0.2, 0.25) is 0 Å². The van der Waals surface area contributed by atoms with Gasteiger partial charge in [0, 0.05) is 0 Å². The van der Waals surface area contributed by atoms with E-state index >= 15 is 0 Å². The van der Waals surface area contributed by atoms with Crippen LogP contribution in [-0.4, -0.2) is 28.9 Å². The van der Waals surface area contributed by atoms with E-state index < -0.39 is 10.0 Å². The molecule has 8 heteroatoms. The molecule has 1 heterocycles. The summed E-state index contributed by atoms with van der Waals surface area (Å²) < 4.78 is 26.1. The fourth-order valence-electron chi connectivity index (χ4n) is 2.16. The summed E-state index contributed by atoms with van der Waals surface area (Å²) in [5, 5.41) is 8.05. The molecule has 0 aliphatic carbocycles. The van der Waals surface area contributed by atoms with Crippen LogP contribution in [0.25, 0.3) is 5.69 Å². The lowest BCUT2D eigenvalue weighted by molar-refractivity contribution is 0.584. The van der Waals surface area contributed by atoms with Crippen LogP contribution in [0.15, 0.2) is 71.2 Å². The van der Waals surface area contributed by atoms with Crippen LogP contribution in [0.1, 0.15) is 18.1 Å². The second-order valence-electron chi connectivity index (χ2n) is 5.49. The maximum absolute atomic E-state index is 12.3. The summed E-state index contributed by atoms with van der Waals surface area (Å²) in [5.41, 5.74) is 3.21. The first-order valence-corrected chi connectivity index (χ1v) is 9.02. The molecule has 3 rings (SSSR count). The Labute approximate surface area is 146 Å². The monoisotopic (exact) mass is 355 g/mol. The number of sulfonamides is 1. The summed E-state index contributed by atoms with van der Waals surface area (Å²) in [4.78, 5) is 6.34. The second-order valence-corrected chi connectivity index (χ2v) is 7.15. The highest BCUT2D eigenvalue weighted by Gasteiger charge is 2.12. The van der Waals surface area contributed by atoms with Crippen molar-refractivity contribution < 1.29 is 8.42 Å². The largest absolute Gasteiger partial charge is 0.276 e. The van der Waals surface area contributed by atoms with E-state index in [1.165, 1.54) is 6.33 Å². The average molecular weight is 355 g/mol. The van der Waals surface area contributed by atoms with Crippen molar-refractivity contribution in [2.24, 2.45) is 5.10 Å². The van der Waals surface area contributed by atoms with Gasteiger partial charge in [-0.05, 0) is 43.7 Å². The van der Waals surface area contributed by atoms with Crippen molar-refractivity contribution in [1.82, 2.24) is 19.6 Å². The van der Waals surface area contributed by atoms with Crippen LogP contribution in [0.4, 0.5) is 0 Å². The molecule has 3 aromatic rings. The molecule has 1 N–H and O–H groups in total. The number of nitrogens with one attached hydrogen (secondary N) is 1. The predicted molar refractivity (Wildman–Crippen MR) is 95.1 cm³/mol. The summed E-state index contributed by atoms with van der Waals surface area (Å²) in [5.74, 6) is 0. The van der Waals surface area contributed by atoms with Gasteiger partial charge < -0.3 is 0 Å². The zero-order chi connectivity index (χ0) is 17.9. The maximum atomic E-state index is 12.3. The zero-order valence-electron chi connectivity index (χ0n) is 13.8. The van der Waals surface area contributed by atoms with Gasteiger partial charge in [0.15, 0.2) is 0 Å². The third-order valence-electron chi connectivity index (χ3n) is 3.63. The number of hydrogen-bond acceptors (Lipinski definition) is 5. The van der Waals surface area contributed by atoms with Crippen molar-refractivity contribution in [3.8, 4) is 5.69 Å². The number of benzene rings is 2. The fraction of sp³-hybridized carbons (Fsp3) is 0.118. The molecule has 2 aromatic carbocycles. The van der Waals surface area contributed by atoms with Crippen molar-refractivity contribution >= 4 is 15.7 Å². The molecule has 0 aliphatic rings. The van der Waals surface area contributed by atoms with Gasteiger partial charge in [0.1, 0.15) is 12.7 Å². The summed E-state index contributed by atoms with van der Waals surface area (Å²) in [6.45, 7) is 3.64. The highest BCUT2D eigenvalue weighted by Crippen LogP contribution is 2.11. The van der Waals surface area contributed by atoms with E-state index in [0.29, 0.717) is 5.71 Å². The Hall–Kier alpha value is -3.00. The minimum Gasteiger partial charge on any atom is -0.223 e. The maximum Gasteiger partial charge on any atom is 0.276 e. The number of nitrogens with zero attached hydrogens (tertiary/aromatic N) is 4. The normalized spacial score (nSPS) is 12.2. The molecule has 1 aromatic heterocycles. The summed E-state index contributed by atoms with van der Waals surface area (Å²) in [6, 6.07) is 14.0. The van der Waals surface area contributed by atoms with Gasteiger partial charge in [0.25, 0.3) is 10.0 Å². The zero-order valence-corrected chi connectivity index (χ0v) is 14.6. The van der Waals surface area contributed by atoms with Gasteiger partial charge in [-0.3, -0.25) is 0 Å². The van der Waals surface area contributed by atoms with E-state index in [2.05, 4.69) is 20.0 Å². The number of rotatable bonds is 5. The highest BCUT2D eigenvalue weighted by atomic mass is 32.2. The molecular weight excluding hydrogens is 338 g/mol. The Morgan fingerprint density at radius 3 is 2.36 bits per heavy atom. The molecule has 0 radical (unpaired) electrons. The van der Waals surface area contributed by atoms with Crippen molar-refractivity contribution in [2.45, 2.75) is 18.7 Å². The number of aromatic nitrogens is 3. The van der Waals surface area contributed by atoms with Crippen LogP contribution in [0, 0.1) is 6.92 Å². The van der Waals surface area contributed by atoms with E-state index in [9.17, 15) is 8.42 Å². The Kier molecular flexibility index (Phi) is 4.62. The minimum atomic E-state index is -3.68. The van der Waals surface area contributed by atoms with Gasteiger partial charge in [-0.2, -0.15) is 23.4 Å². The van der Waals surface area contributed by atoms with Gasteiger partial charge in [0.05, 0.1) is 16.3 Å². The Morgan fingerprint density at radius 2 is 1.76 bits per heavy atom. The third kappa shape index (κ3) is 3.92. The van der Waals surface area contributed by atoms with E-state index in [4.69, 9.17) is 0 Å². The lowest BCUT2D eigenvalue weighted by Crippen LogP contribution is -2.20. The SMILES string of the molecule is C/C(=N\NS(=O)(=O)c1ccc(C)cc1)c1ccc(-n2cncn2)cc1. The van der Waals surface area contributed by atoms with Gasteiger partial charge in [0.2, 0.25) is 0 Å². The summed E-state index contributed by atoms with van der Waals surface area (Å²) >= 11 is 0. The first kappa shape index (κ1) is 16.8. The van der Waals surface area contributed by atoms with Crippen LogP contribution in [-0.2, 0) is 10.0 Å². The average Bonchev–Trinajstić information content (AvgIpc) is 3.15. The van der Waals surface area contributed by atoms with E-state index in [-0.39, 0.29) is 4.90 Å². The quantitative estimate of drug-likeness (QED) is 0.562. The Morgan fingerprint density at radius 1 is 1.08 bits per heavy atom. The van der Waals surface area contributed by atoms with Gasteiger partial charge in [-0.1, -0.05) is 29.8 Å². The predicted octanol–water partition coefficient (Wildman–Crippen LogP) is 2.28. The topological polar surface area (TPSA) is 89.2 Å². The highest BCUT2D eigenvalue weighted by molar-refractivity contribution is 7.89. The minimum absolute atomic E-state index is 0.177. The molecule has 128 valence electrons. The van der Waals surface area contributed by atoms with Crippen molar-refractivity contribution in [2.75, 3.05) is 0 Å². The summed E-state index contributed by atoms with van der Waals surface area (Å²) in [7, 11) is -3.68. The summed E-state index contributed by atoms with van der Waals surface area (Å²) in [6.07, 6.45) is 3.06. The molecule has 0 saturated carbocycles. The van der Waals surface area contributed by atoms with Crippen LogP contribution < -0.4 is 4.83 Å². The molecule has 0 bridgehead atoms. The Bertz CT molecular complexity index is 977. The van der Waals surface area contributed by atoms with E-state index in [1.54, 1.807) is 42.2 Å². The fourth-order valence-corrected chi connectivity index (χ4v) is 3.02. The van der Waals surface area contributed by atoms with Gasteiger partial charge >= 0.3 is 0 Å². The molecule has 0 fully saturated rings. The number of aryl methyl sites for hydroxylation is 1. The standard InChI is InChI=1S/C17H17N5O2S/c1-13-3-9-17(10-4-13)25(23,24)21-20-14(2)15-5-7-16(8-6-15)22-12-18-11-19-22/h3-12,21H,1-2H3/b20-14+. The van der Waals surface area contributed by atoms with Crippen molar-refractivity contribution in [1.29, 1.82) is 0 Å². The molecule has 0 aliphatic heterocycles. The van der Waals surface area contributed by atoms with Crippen LogP contribution in [0.5, 0.6) is 0 Å². The van der Waals surface area contributed by atoms with Crippen LogP contribution in [0.3, 0.4) is 0 Å². The molecule has 0 saturated heterocycles. The molecular formula is C17H17N5O2S. The van der Waals surface area contributed by atoms with Crippen molar-refractivity contribution in [3.05, 3.63) is 72.3 Å². The number of hydrazone groups is 1. The second kappa shape index (κ2) is 6.86.